The number of aromatic nitrogens is 1. The van der Waals surface area contributed by atoms with Crippen LogP contribution in [0.15, 0.2) is 53.1 Å². The number of nitro benzene ring substituents is 1. The zero-order valence-corrected chi connectivity index (χ0v) is 13.8. The van der Waals surface area contributed by atoms with Crippen LogP contribution >= 0.6 is 0 Å². The lowest BCUT2D eigenvalue weighted by molar-refractivity contribution is -0.384. The van der Waals surface area contributed by atoms with Crippen molar-refractivity contribution >= 4 is 17.3 Å². The number of carbonyl (C=O) groups is 1. The van der Waals surface area contributed by atoms with Crippen LogP contribution in [-0.2, 0) is 11.2 Å². The van der Waals surface area contributed by atoms with Crippen LogP contribution < -0.4 is 5.32 Å². The quantitative estimate of drug-likeness (QED) is 0.518. The number of halogens is 2. The van der Waals surface area contributed by atoms with E-state index in [0.717, 1.165) is 12.1 Å². The number of non-ortho nitro benzene ring substituents is 1. The van der Waals surface area contributed by atoms with Gasteiger partial charge >= 0.3 is 0 Å². The summed E-state index contributed by atoms with van der Waals surface area (Å²) in [6.07, 6.45) is 1.52. The first-order valence-corrected chi connectivity index (χ1v) is 7.87. The van der Waals surface area contributed by atoms with Crippen LogP contribution in [0.2, 0.25) is 0 Å². The Morgan fingerprint density at radius 3 is 2.59 bits per heavy atom. The van der Waals surface area contributed by atoms with Gasteiger partial charge in [-0.2, -0.15) is 0 Å². The van der Waals surface area contributed by atoms with E-state index >= 15 is 0 Å². The van der Waals surface area contributed by atoms with Gasteiger partial charge in [0.25, 0.3) is 5.69 Å². The molecule has 1 heterocycles. The van der Waals surface area contributed by atoms with E-state index in [1.54, 1.807) is 0 Å². The third-order valence-corrected chi connectivity index (χ3v) is 3.68. The molecular formula is C18H13F2N3O4. The molecule has 2 aromatic carbocycles. The van der Waals surface area contributed by atoms with E-state index < -0.39 is 16.6 Å². The van der Waals surface area contributed by atoms with Crippen LogP contribution in [0, 0.1) is 21.7 Å². The Morgan fingerprint density at radius 2 is 1.93 bits per heavy atom. The predicted octanol–water partition coefficient (Wildman–Crippen LogP) is 4.10. The molecule has 0 unspecified atom stereocenters. The number of nitro groups is 1. The second-order valence-corrected chi connectivity index (χ2v) is 5.59. The smallest absolute Gasteiger partial charge is 0.269 e. The first kappa shape index (κ1) is 18.2. The molecule has 0 saturated carbocycles. The fourth-order valence-electron chi connectivity index (χ4n) is 2.35. The van der Waals surface area contributed by atoms with Crippen molar-refractivity contribution in [2.45, 2.75) is 12.8 Å². The summed E-state index contributed by atoms with van der Waals surface area (Å²) in [6.45, 7) is 0. The number of aryl methyl sites for hydroxylation is 1. The van der Waals surface area contributed by atoms with Crippen molar-refractivity contribution in [1.82, 2.24) is 4.98 Å². The largest absolute Gasteiger partial charge is 0.441 e. The molecule has 3 aromatic rings. The average Bonchev–Trinajstić information content (AvgIpc) is 3.09. The van der Waals surface area contributed by atoms with E-state index in [1.807, 2.05) is 0 Å². The Hall–Kier alpha value is -3.62. The van der Waals surface area contributed by atoms with Crippen LogP contribution in [0.4, 0.5) is 20.2 Å². The summed E-state index contributed by atoms with van der Waals surface area (Å²) in [6, 6.07) is 8.53. The molecule has 0 aliphatic carbocycles. The highest BCUT2D eigenvalue weighted by Gasteiger charge is 2.13. The van der Waals surface area contributed by atoms with Crippen molar-refractivity contribution in [2.24, 2.45) is 0 Å². The molecule has 1 amide bonds. The minimum atomic E-state index is -0.770. The third kappa shape index (κ3) is 4.51. The number of nitrogens with zero attached hydrogens (tertiary/aromatic N) is 2. The van der Waals surface area contributed by atoms with Crippen LogP contribution in [-0.4, -0.2) is 15.8 Å². The summed E-state index contributed by atoms with van der Waals surface area (Å²) in [5.41, 5.74) is 0.422. The topological polar surface area (TPSA) is 98.3 Å². The van der Waals surface area contributed by atoms with E-state index in [9.17, 15) is 23.7 Å². The third-order valence-electron chi connectivity index (χ3n) is 3.68. The minimum Gasteiger partial charge on any atom is -0.441 e. The van der Waals surface area contributed by atoms with E-state index in [0.29, 0.717) is 5.69 Å². The summed E-state index contributed by atoms with van der Waals surface area (Å²) >= 11 is 0. The van der Waals surface area contributed by atoms with Gasteiger partial charge in [-0.3, -0.25) is 14.9 Å². The van der Waals surface area contributed by atoms with Gasteiger partial charge in [0.15, 0.2) is 11.7 Å². The lowest BCUT2D eigenvalue weighted by atomic mass is 10.2. The molecular weight excluding hydrogens is 360 g/mol. The Bertz CT molecular complexity index is 987. The average molecular weight is 373 g/mol. The van der Waals surface area contributed by atoms with Gasteiger partial charge in [0.05, 0.1) is 16.7 Å². The molecule has 27 heavy (non-hydrogen) atoms. The number of hydrogen-bond donors (Lipinski definition) is 1. The summed E-state index contributed by atoms with van der Waals surface area (Å²) < 4.78 is 32.1. The SMILES string of the molecule is O=C(CCc1ncc(-c2ccc(F)cc2F)o1)Nc1ccc([N+](=O)[O-])cc1. The highest BCUT2D eigenvalue weighted by atomic mass is 19.1. The van der Waals surface area contributed by atoms with E-state index in [1.165, 1.54) is 36.5 Å². The Morgan fingerprint density at radius 1 is 1.19 bits per heavy atom. The lowest BCUT2D eigenvalue weighted by Gasteiger charge is -2.04. The Balaban J connectivity index is 1.58. The fraction of sp³-hybridized carbons (Fsp3) is 0.111. The lowest BCUT2D eigenvalue weighted by Crippen LogP contribution is -2.12. The van der Waals surface area contributed by atoms with Crippen molar-refractivity contribution < 1.29 is 22.9 Å². The molecule has 0 bridgehead atoms. The number of amides is 1. The number of rotatable bonds is 6. The number of carbonyl (C=O) groups excluding carboxylic acids is 1. The van der Waals surface area contributed by atoms with Gasteiger partial charge in [-0.15, -0.1) is 0 Å². The number of nitrogens with one attached hydrogen (secondary N) is 1. The molecule has 1 aromatic heterocycles. The Labute approximate surface area is 151 Å². The molecule has 0 saturated heterocycles. The predicted molar refractivity (Wildman–Crippen MR) is 91.9 cm³/mol. The maximum atomic E-state index is 13.7. The van der Waals surface area contributed by atoms with Crippen LogP contribution in [0.1, 0.15) is 12.3 Å². The van der Waals surface area contributed by atoms with Crippen molar-refractivity contribution in [2.75, 3.05) is 5.32 Å². The zero-order chi connectivity index (χ0) is 19.4. The van der Waals surface area contributed by atoms with Crippen LogP contribution in [0.5, 0.6) is 0 Å². The normalized spacial score (nSPS) is 10.6. The summed E-state index contributed by atoms with van der Waals surface area (Å²) in [4.78, 5) is 26.0. The first-order chi connectivity index (χ1) is 12.9. The molecule has 0 aliphatic heterocycles. The van der Waals surface area contributed by atoms with Gasteiger partial charge in [-0.05, 0) is 24.3 Å². The second-order valence-electron chi connectivity index (χ2n) is 5.59. The van der Waals surface area contributed by atoms with Crippen molar-refractivity contribution in [3.63, 3.8) is 0 Å². The van der Waals surface area contributed by atoms with Gasteiger partial charge in [-0.1, -0.05) is 0 Å². The van der Waals surface area contributed by atoms with E-state index in [2.05, 4.69) is 10.3 Å². The minimum absolute atomic E-state index is 0.0445. The molecule has 1 N–H and O–H groups in total. The Kier molecular flexibility index (Phi) is 5.20. The standard InChI is InChI=1S/C18H13F2N3O4/c19-11-1-6-14(15(20)9-11)16-10-21-18(27-16)8-7-17(24)22-12-2-4-13(5-3-12)23(25)26/h1-6,9-10H,7-8H2,(H,22,24). The molecule has 0 radical (unpaired) electrons. The van der Waals surface area contributed by atoms with Gasteiger partial charge < -0.3 is 9.73 Å². The zero-order valence-electron chi connectivity index (χ0n) is 13.8. The fourth-order valence-corrected chi connectivity index (χ4v) is 2.35. The van der Waals surface area contributed by atoms with Gasteiger partial charge in [-0.25, -0.2) is 13.8 Å². The molecule has 0 spiro atoms. The molecule has 0 fully saturated rings. The highest BCUT2D eigenvalue weighted by Crippen LogP contribution is 2.24. The monoisotopic (exact) mass is 373 g/mol. The number of anilines is 1. The van der Waals surface area contributed by atoms with E-state index in [-0.39, 0.29) is 41.7 Å². The van der Waals surface area contributed by atoms with Gasteiger partial charge in [0.1, 0.15) is 11.6 Å². The van der Waals surface area contributed by atoms with E-state index in [4.69, 9.17) is 4.42 Å². The number of hydrogen-bond acceptors (Lipinski definition) is 5. The molecule has 0 atom stereocenters. The summed E-state index contributed by atoms with van der Waals surface area (Å²) in [5, 5.41) is 13.2. The van der Waals surface area contributed by atoms with Crippen LogP contribution in [0.3, 0.4) is 0 Å². The maximum Gasteiger partial charge on any atom is 0.269 e. The molecule has 9 heteroatoms. The van der Waals surface area contributed by atoms with Gasteiger partial charge in [0, 0.05) is 36.7 Å². The highest BCUT2D eigenvalue weighted by molar-refractivity contribution is 5.90. The van der Waals surface area contributed by atoms with Crippen molar-refractivity contribution in [1.29, 1.82) is 0 Å². The molecule has 7 nitrogen and oxygen atoms in total. The summed E-state index contributed by atoms with van der Waals surface area (Å²) in [7, 11) is 0. The summed E-state index contributed by atoms with van der Waals surface area (Å²) in [5.74, 6) is -1.44. The van der Waals surface area contributed by atoms with Crippen LogP contribution in [0.25, 0.3) is 11.3 Å². The molecule has 0 aliphatic rings. The number of oxazole rings is 1. The maximum absolute atomic E-state index is 13.7. The first-order valence-electron chi connectivity index (χ1n) is 7.87. The van der Waals surface area contributed by atoms with Gasteiger partial charge in [0.2, 0.25) is 5.91 Å². The number of benzene rings is 2. The second kappa shape index (κ2) is 7.73. The molecule has 138 valence electrons. The van der Waals surface area contributed by atoms with Crippen molar-refractivity contribution in [3.8, 4) is 11.3 Å². The molecule has 3 rings (SSSR count). The van der Waals surface area contributed by atoms with Crippen molar-refractivity contribution in [3.05, 3.63) is 76.3 Å².